The van der Waals surface area contributed by atoms with Gasteiger partial charge in [0.1, 0.15) is 0 Å². The molecule has 0 aliphatic heterocycles. The van der Waals surface area contributed by atoms with E-state index >= 15 is 0 Å². The Bertz CT molecular complexity index is 1310. The first kappa shape index (κ1) is 41.2. The van der Waals surface area contributed by atoms with E-state index in [0.717, 1.165) is 11.1 Å². The van der Waals surface area contributed by atoms with Crippen LogP contribution >= 0.6 is 62.1 Å². The Morgan fingerprint density at radius 2 is 1.00 bits per heavy atom. The molecule has 4 aromatic rings. The Morgan fingerprint density at radius 3 is 1.26 bits per heavy atom. The zero-order valence-electron chi connectivity index (χ0n) is 18.9. The van der Waals surface area contributed by atoms with Gasteiger partial charge in [0.05, 0.1) is 21.2 Å². The topological polar surface area (TPSA) is 189 Å². The molecule has 4 rings (SSSR count). The van der Waals surface area contributed by atoms with Crippen LogP contribution in [-0.4, -0.2) is 64.5 Å². The van der Waals surface area contributed by atoms with Gasteiger partial charge < -0.3 is 20.9 Å². The molecule has 4 heterocycles. The van der Waals surface area contributed by atoms with E-state index in [2.05, 4.69) is 53.7 Å². The number of hydrogen-bond donors (Lipinski definition) is 2. The molecule has 0 saturated heterocycles. The molecule has 0 saturated carbocycles. The third-order valence-corrected chi connectivity index (χ3v) is 4.42. The molecule has 0 fully saturated rings. The summed E-state index contributed by atoms with van der Waals surface area (Å²) in [5.74, 6) is 0. The second kappa shape index (κ2) is 21.5. The Morgan fingerprint density at radius 1 is 0.684 bits per heavy atom. The van der Waals surface area contributed by atoms with E-state index in [9.17, 15) is 14.2 Å². The minimum absolute atomic E-state index is 0. The molecule has 0 aliphatic carbocycles. The summed E-state index contributed by atoms with van der Waals surface area (Å²) in [6.07, 6.45) is 12.7. The molecule has 10 nitrogen and oxygen atoms in total. The second-order valence-electron chi connectivity index (χ2n) is 5.95. The average molecular weight is 673 g/mol. The molecule has 38 heavy (non-hydrogen) atoms. The van der Waals surface area contributed by atoms with Crippen molar-refractivity contribution in [1.29, 1.82) is 0 Å². The predicted molar refractivity (Wildman–Crippen MR) is 155 cm³/mol. The molecule has 200 valence electrons. The fraction of sp³-hybridized carbons (Fsp3) is 0. The van der Waals surface area contributed by atoms with Crippen molar-refractivity contribution >= 4 is 95.7 Å². The fourth-order valence-corrected chi connectivity index (χ4v) is 2.82. The van der Waals surface area contributed by atoms with E-state index in [-0.39, 0.29) is 39.2 Å². The van der Waals surface area contributed by atoms with Crippen molar-refractivity contribution in [3.8, 4) is 22.3 Å². The number of nitrogens with one attached hydrogen (secondary N) is 2. The van der Waals surface area contributed by atoms with Crippen molar-refractivity contribution in [3.63, 3.8) is 0 Å². The molecule has 6 N–H and O–H groups in total. The molecule has 0 aromatic carbocycles. The van der Waals surface area contributed by atoms with Gasteiger partial charge in [-0.3, -0.25) is 24.1 Å². The number of pyridine rings is 4. The molecule has 0 atom stereocenters. The average Bonchev–Trinajstić information content (AvgIpc) is 2.82. The van der Waals surface area contributed by atoms with Crippen LogP contribution in [0, 0.1) is 0 Å². The third-order valence-electron chi connectivity index (χ3n) is 3.76. The molecule has 0 aliphatic rings. The summed E-state index contributed by atoms with van der Waals surface area (Å²) in [4.78, 5) is 36.3. The van der Waals surface area contributed by atoms with Crippen LogP contribution in [0.15, 0.2) is 83.4 Å². The van der Waals surface area contributed by atoms with E-state index in [4.69, 9.17) is 27.0 Å². The maximum atomic E-state index is 11.4. The predicted octanol–water partition coefficient (Wildman–Crippen LogP) is 4.46. The van der Waals surface area contributed by atoms with Gasteiger partial charge in [-0.1, -0.05) is 23.2 Å². The van der Waals surface area contributed by atoms with Gasteiger partial charge in [-0.05, 0) is 45.9 Å². The van der Waals surface area contributed by atoms with Gasteiger partial charge in [0.25, 0.3) is 0 Å². The van der Waals surface area contributed by atoms with Gasteiger partial charge in [0, 0.05) is 90.2 Å². The molecular weight excluding hydrogens is 654 g/mol. The number of rotatable bonds is 2. The zero-order valence-corrected chi connectivity index (χ0v) is 25.9. The summed E-state index contributed by atoms with van der Waals surface area (Å²) in [7, 11) is 0. The van der Waals surface area contributed by atoms with Gasteiger partial charge in [0.2, 0.25) is 0 Å². The Kier molecular flexibility index (Phi) is 23.3. The summed E-state index contributed by atoms with van der Waals surface area (Å²) < 4.78 is 17.7. The Hall–Kier alpha value is -1.34. The van der Waals surface area contributed by atoms with Crippen LogP contribution in [0.3, 0.4) is 0 Å². The first-order valence-electron chi connectivity index (χ1n) is 9.04. The van der Waals surface area contributed by atoms with Gasteiger partial charge in [-0.25, -0.2) is 0 Å². The molecule has 0 unspecified atom stereocenters. The monoisotopic (exact) mass is 670 g/mol. The molecule has 0 spiro atoms. The molecule has 0 bridgehead atoms. The number of hydrogen-bond acceptors (Lipinski definition) is 6. The van der Waals surface area contributed by atoms with Crippen LogP contribution in [0.4, 0.5) is 0 Å². The number of aromatic nitrogens is 4. The standard InChI is InChI=1S/C10H6Cl2N2.C10H8N2O2.2Al.Cl3OP.2H2O.O/c11-9-1-3-13-5-7(9)8-6-14-4-2-10(8)12;13-9-1-3-11-5-7(9)8-6-12-4-2-10(8)14;;;1-5(2,3)4;;;/h1-6H;1-6H,(H,11,13)(H,12,14);;;;2*1H2;. The normalized spacial score (nSPS) is 9.05. The summed E-state index contributed by atoms with van der Waals surface area (Å²) >= 11 is 27.0. The molecule has 0 amide bonds. The van der Waals surface area contributed by atoms with Crippen molar-refractivity contribution < 1.29 is 19.3 Å². The van der Waals surface area contributed by atoms with Crippen LogP contribution in [0.1, 0.15) is 0 Å². The van der Waals surface area contributed by atoms with Gasteiger partial charge in [-0.2, -0.15) is 0 Å². The van der Waals surface area contributed by atoms with E-state index in [1.54, 1.807) is 36.9 Å². The fourth-order valence-electron chi connectivity index (χ4n) is 2.40. The zero-order chi connectivity index (χ0) is 26.4. The van der Waals surface area contributed by atoms with Crippen molar-refractivity contribution in [1.82, 2.24) is 19.9 Å². The summed E-state index contributed by atoms with van der Waals surface area (Å²) in [6, 6.07) is 6.23. The van der Waals surface area contributed by atoms with E-state index < -0.39 is 5.20 Å². The molecule has 4 aromatic heterocycles. The minimum atomic E-state index is -3.22. The van der Waals surface area contributed by atoms with Crippen LogP contribution < -0.4 is 10.9 Å². The molecular formula is C20H18Al2Cl5N4O6P. The van der Waals surface area contributed by atoms with Crippen molar-refractivity contribution in [2.45, 2.75) is 0 Å². The van der Waals surface area contributed by atoms with Gasteiger partial charge >= 0.3 is 25.2 Å². The third kappa shape index (κ3) is 15.3. The molecule has 18 heteroatoms. The summed E-state index contributed by atoms with van der Waals surface area (Å²) in [5.41, 5.74) is 2.03. The van der Waals surface area contributed by atoms with E-state index in [1.165, 1.54) is 53.1 Å². The maximum absolute atomic E-state index is 11.4. The number of nitrogens with zero attached hydrogens (tertiary/aromatic N) is 2. The van der Waals surface area contributed by atoms with E-state index in [0.29, 0.717) is 21.2 Å². The van der Waals surface area contributed by atoms with E-state index in [1.807, 2.05) is 0 Å². The van der Waals surface area contributed by atoms with Crippen molar-refractivity contribution in [3.05, 3.63) is 104 Å². The van der Waals surface area contributed by atoms with Crippen LogP contribution in [0.25, 0.3) is 22.3 Å². The van der Waals surface area contributed by atoms with Gasteiger partial charge in [-0.15, -0.1) is 0 Å². The van der Waals surface area contributed by atoms with Crippen LogP contribution in [-0.2, 0) is 8.37 Å². The first-order valence-corrected chi connectivity index (χ1v) is 14.7. The number of aromatic amines is 2. The number of halogens is 5. The first-order chi connectivity index (χ1) is 16.6. The number of H-pyrrole nitrogens is 2. The van der Waals surface area contributed by atoms with Crippen molar-refractivity contribution in [2.24, 2.45) is 0 Å². The molecule has 4 radical (unpaired) electrons. The SMILES string of the molecule is Clc1ccncc1-c1cnccc1Cl.O.O.O=P(Cl)(Cl)Cl.O=c1cc[nH]cc1-c1c[nH]ccc1=O.[Al].[O]=[Al]. The quantitative estimate of drug-likeness (QED) is 0.234. The summed E-state index contributed by atoms with van der Waals surface area (Å²) in [5, 5.41) is -1.98. The Balaban J connectivity index is -0.000000490. The van der Waals surface area contributed by atoms with Crippen LogP contribution in [0.2, 0.25) is 10.0 Å². The Labute approximate surface area is 259 Å². The second-order valence-corrected chi connectivity index (χ2v) is 13.4. The van der Waals surface area contributed by atoms with Crippen LogP contribution in [0.5, 0.6) is 0 Å². The summed E-state index contributed by atoms with van der Waals surface area (Å²) in [6.45, 7) is 0. The van der Waals surface area contributed by atoms with Gasteiger partial charge in [0.15, 0.2) is 10.9 Å². The van der Waals surface area contributed by atoms with Crippen molar-refractivity contribution in [2.75, 3.05) is 0 Å².